The number of alkyl carbamates (subject to hydrolysis) is 1. The van der Waals surface area contributed by atoms with Crippen molar-refractivity contribution in [1.29, 1.82) is 5.26 Å². The number of likely N-dealkylation sites (tertiary alicyclic amines) is 1. The van der Waals surface area contributed by atoms with Crippen LogP contribution in [0.4, 0.5) is 4.79 Å². The number of aryl methyl sites for hydroxylation is 2. The van der Waals surface area contributed by atoms with E-state index in [1.807, 2.05) is 0 Å². The van der Waals surface area contributed by atoms with Crippen LogP contribution in [0.5, 0.6) is 5.75 Å². The number of aromatic nitrogens is 4. The SMILES string of the molecule is CC(C)(C)OC(=O)NC(CCCCn1cc(CCC(=O)NCCCOc2ccc3nccc(C(=O)NCC(=O)N4CCCC4C#N)c3c2)nn1)C(=O)O. The quantitative estimate of drug-likeness (QED) is 0.138. The topological polar surface area (TPSA) is 231 Å². The molecule has 17 nitrogen and oxygen atoms in total. The van der Waals surface area contributed by atoms with Crippen LogP contribution in [0, 0.1) is 11.3 Å². The number of ether oxygens (including phenoxy) is 2. The molecule has 0 spiro atoms. The number of unbranched alkanes of at least 4 members (excludes halogenated alkanes) is 1. The Kier molecular flexibility index (Phi) is 14.5. The van der Waals surface area contributed by atoms with Crippen LogP contribution in [-0.4, -0.2) is 104 Å². The molecule has 0 radical (unpaired) electrons. The lowest BCUT2D eigenvalue weighted by molar-refractivity contribution is -0.139. The van der Waals surface area contributed by atoms with E-state index in [4.69, 9.17) is 9.47 Å². The summed E-state index contributed by atoms with van der Waals surface area (Å²) in [5.74, 6) is -1.48. The number of carboxylic acid groups (broad SMARTS) is 1. The fraction of sp³-hybridized carbons (Fsp3) is 0.528. The number of carbonyl (C=O) groups is 5. The molecule has 3 aromatic rings. The summed E-state index contributed by atoms with van der Waals surface area (Å²) in [6.07, 6.45) is 6.43. The number of nitriles is 1. The van der Waals surface area contributed by atoms with Crippen LogP contribution in [0.15, 0.2) is 36.7 Å². The van der Waals surface area contributed by atoms with Gasteiger partial charge in [0.2, 0.25) is 11.8 Å². The van der Waals surface area contributed by atoms with Crippen LogP contribution in [0.3, 0.4) is 0 Å². The lowest BCUT2D eigenvalue weighted by atomic mass is 10.1. The van der Waals surface area contributed by atoms with E-state index in [-0.39, 0.29) is 31.2 Å². The zero-order valence-electron chi connectivity index (χ0n) is 30.3. The summed E-state index contributed by atoms with van der Waals surface area (Å²) in [5, 5.41) is 35.3. The van der Waals surface area contributed by atoms with E-state index in [2.05, 4.69) is 37.3 Å². The Labute approximate surface area is 307 Å². The van der Waals surface area contributed by atoms with Gasteiger partial charge in [0.1, 0.15) is 23.4 Å². The van der Waals surface area contributed by atoms with Crippen molar-refractivity contribution in [1.82, 2.24) is 40.8 Å². The predicted octanol–water partition coefficient (Wildman–Crippen LogP) is 2.74. The van der Waals surface area contributed by atoms with Crippen LogP contribution < -0.4 is 20.7 Å². The maximum Gasteiger partial charge on any atom is 0.408 e. The Bertz CT molecular complexity index is 1800. The molecule has 4 N–H and O–H groups in total. The summed E-state index contributed by atoms with van der Waals surface area (Å²) in [7, 11) is 0. The number of hydrogen-bond acceptors (Lipinski definition) is 11. The molecule has 2 aromatic heterocycles. The van der Waals surface area contributed by atoms with Gasteiger partial charge in [0.25, 0.3) is 5.91 Å². The van der Waals surface area contributed by atoms with E-state index in [1.165, 1.54) is 11.1 Å². The molecule has 1 aliphatic heterocycles. The third-order valence-corrected chi connectivity index (χ3v) is 8.31. The Morgan fingerprint density at radius 3 is 2.68 bits per heavy atom. The first-order chi connectivity index (χ1) is 25.3. The van der Waals surface area contributed by atoms with Gasteiger partial charge in [-0.1, -0.05) is 5.21 Å². The van der Waals surface area contributed by atoms with E-state index in [0.717, 1.165) is 6.42 Å². The zero-order chi connectivity index (χ0) is 38.4. The minimum absolute atomic E-state index is 0.143. The minimum atomic E-state index is -1.13. The Balaban J connectivity index is 1.12. The number of carboxylic acids is 1. The van der Waals surface area contributed by atoms with Gasteiger partial charge < -0.3 is 35.4 Å². The third kappa shape index (κ3) is 12.7. The fourth-order valence-corrected chi connectivity index (χ4v) is 5.68. The number of hydrogen-bond donors (Lipinski definition) is 4. The molecule has 2 unspecified atom stereocenters. The number of nitrogens with one attached hydrogen (secondary N) is 3. The molecule has 53 heavy (non-hydrogen) atoms. The van der Waals surface area contributed by atoms with Crippen molar-refractivity contribution in [2.75, 3.05) is 26.2 Å². The highest BCUT2D eigenvalue weighted by Crippen LogP contribution is 2.23. The molecule has 1 aromatic carbocycles. The van der Waals surface area contributed by atoms with E-state index < -0.39 is 35.7 Å². The largest absolute Gasteiger partial charge is 0.494 e. The molecular weight excluding hydrogens is 686 g/mol. The Morgan fingerprint density at radius 2 is 1.92 bits per heavy atom. The first-order valence-corrected chi connectivity index (χ1v) is 17.7. The maximum atomic E-state index is 13.0. The van der Waals surface area contributed by atoms with Gasteiger partial charge in [-0.25, -0.2) is 9.59 Å². The molecule has 284 valence electrons. The standard InChI is InChI=1S/C36H47N9O8/c1-36(2,3)53-35(51)41-30(34(49)50)9-4-5-17-44-23-24(42-43-44)10-13-31(46)39-15-7-19-52-26-11-12-29-28(20-26)27(14-16-38-29)33(48)40-22-32(47)45-18-6-8-25(45)21-37/h11-12,14,16,20,23,25,30H,4-10,13,15,17-19,22H2,1-3H3,(H,39,46)(H,40,48)(H,41,51)(H,49,50). The van der Waals surface area contributed by atoms with Crippen molar-refractivity contribution in [3.8, 4) is 11.8 Å². The molecule has 17 heteroatoms. The summed E-state index contributed by atoms with van der Waals surface area (Å²) in [6, 6.07) is 7.39. The van der Waals surface area contributed by atoms with Gasteiger partial charge in [-0.2, -0.15) is 5.26 Å². The van der Waals surface area contributed by atoms with Gasteiger partial charge in [-0.15, -0.1) is 5.10 Å². The highest BCUT2D eigenvalue weighted by molar-refractivity contribution is 6.07. The van der Waals surface area contributed by atoms with Crippen molar-refractivity contribution in [3.05, 3.63) is 47.9 Å². The van der Waals surface area contributed by atoms with Crippen molar-refractivity contribution in [2.24, 2.45) is 0 Å². The van der Waals surface area contributed by atoms with Crippen molar-refractivity contribution >= 4 is 40.7 Å². The van der Waals surface area contributed by atoms with Gasteiger partial charge in [-0.3, -0.25) is 24.0 Å². The molecular formula is C36H47N9O8. The second-order valence-corrected chi connectivity index (χ2v) is 13.7. The minimum Gasteiger partial charge on any atom is -0.494 e. The summed E-state index contributed by atoms with van der Waals surface area (Å²) in [4.78, 5) is 67.3. The third-order valence-electron chi connectivity index (χ3n) is 8.31. The van der Waals surface area contributed by atoms with E-state index in [0.29, 0.717) is 86.3 Å². The number of carbonyl (C=O) groups excluding carboxylic acids is 4. The molecule has 0 aliphatic carbocycles. The number of benzene rings is 1. The molecule has 1 fully saturated rings. The number of rotatable bonds is 18. The van der Waals surface area contributed by atoms with E-state index >= 15 is 0 Å². The van der Waals surface area contributed by atoms with Crippen molar-refractivity contribution < 1.29 is 38.6 Å². The summed E-state index contributed by atoms with van der Waals surface area (Å²) < 4.78 is 12.7. The molecule has 0 bridgehead atoms. The highest BCUT2D eigenvalue weighted by Gasteiger charge is 2.29. The monoisotopic (exact) mass is 733 g/mol. The second kappa shape index (κ2) is 19.2. The Morgan fingerprint density at radius 1 is 1.11 bits per heavy atom. The van der Waals surface area contributed by atoms with Gasteiger partial charge in [0.15, 0.2) is 0 Å². The average Bonchev–Trinajstić information content (AvgIpc) is 3.79. The molecule has 1 saturated heterocycles. The fourth-order valence-electron chi connectivity index (χ4n) is 5.68. The van der Waals surface area contributed by atoms with Gasteiger partial charge in [0.05, 0.1) is 36.0 Å². The van der Waals surface area contributed by atoms with Crippen LogP contribution >= 0.6 is 0 Å². The van der Waals surface area contributed by atoms with E-state index in [1.54, 1.807) is 55.9 Å². The van der Waals surface area contributed by atoms with E-state index in [9.17, 15) is 34.3 Å². The number of fused-ring (bicyclic) bond motifs is 1. The van der Waals surface area contributed by atoms with Gasteiger partial charge in [-0.05, 0) is 83.6 Å². The molecule has 1 aliphatic rings. The number of aliphatic carboxylic acids is 1. The van der Waals surface area contributed by atoms with Gasteiger partial charge in [0, 0.05) is 50.3 Å². The molecule has 3 heterocycles. The molecule has 2 atom stereocenters. The normalized spacial score (nSPS) is 14.6. The lowest BCUT2D eigenvalue weighted by Crippen LogP contribution is -2.43. The maximum absolute atomic E-state index is 13.0. The molecule has 4 rings (SSSR count). The molecule has 4 amide bonds. The van der Waals surface area contributed by atoms with Crippen LogP contribution in [0.25, 0.3) is 10.9 Å². The first kappa shape index (κ1) is 40.0. The van der Waals surface area contributed by atoms with Gasteiger partial charge >= 0.3 is 12.1 Å². The Hall–Kier alpha value is -5.79. The zero-order valence-corrected chi connectivity index (χ0v) is 30.3. The highest BCUT2D eigenvalue weighted by atomic mass is 16.6. The van der Waals surface area contributed by atoms with Crippen LogP contribution in [-0.2, 0) is 32.1 Å². The average molecular weight is 734 g/mol. The number of amides is 4. The summed E-state index contributed by atoms with van der Waals surface area (Å²) >= 11 is 0. The smallest absolute Gasteiger partial charge is 0.408 e. The summed E-state index contributed by atoms with van der Waals surface area (Å²) in [6.45, 7) is 6.61. The van der Waals surface area contributed by atoms with Crippen LogP contribution in [0.1, 0.15) is 81.8 Å². The van der Waals surface area contributed by atoms with Crippen molar-refractivity contribution in [2.45, 2.75) is 96.4 Å². The summed E-state index contributed by atoms with van der Waals surface area (Å²) in [5.41, 5.74) is 0.860. The second-order valence-electron chi connectivity index (χ2n) is 13.7. The molecule has 0 saturated carbocycles. The number of pyridine rings is 1. The predicted molar refractivity (Wildman–Crippen MR) is 191 cm³/mol. The van der Waals surface area contributed by atoms with Crippen molar-refractivity contribution in [3.63, 3.8) is 0 Å². The number of nitrogens with zero attached hydrogens (tertiary/aromatic N) is 6. The van der Waals surface area contributed by atoms with Crippen LogP contribution in [0.2, 0.25) is 0 Å². The first-order valence-electron chi connectivity index (χ1n) is 17.7. The lowest BCUT2D eigenvalue weighted by Gasteiger charge is -2.22.